The largest absolute Gasteiger partial charge is 0.469 e. The standard InChI is InChI=1S/C14H20N2O2/c1-10(12-7-3-4-9-15-12)16-13-8-5-6-11(13)14(17)18-2/h3-4,7,9-11,13,16H,5-6,8H2,1-2H3/t10-,11-,13+/m1/s1. The van der Waals surface area contributed by atoms with Crippen LogP contribution in [0.25, 0.3) is 0 Å². The van der Waals surface area contributed by atoms with Crippen LogP contribution in [0.4, 0.5) is 0 Å². The summed E-state index contributed by atoms with van der Waals surface area (Å²) in [5, 5.41) is 3.50. The predicted molar refractivity (Wildman–Crippen MR) is 68.9 cm³/mol. The molecule has 0 aromatic carbocycles. The summed E-state index contributed by atoms with van der Waals surface area (Å²) in [4.78, 5) is 16.0. The Balaban J connectivity index is 1.98. The molecule has 0 saturated heterocycles. The Labute approximate surface area is 108 Å². The highest BCUT2D eigenvalue weighted by molar-refractivity contribution is 5.73. The van der Waals surface area contributed by atoms with E-state index in [4.69, 9.17) is 4.74 Å². The van der Waals surface area contributed by atoms with Crippen LogP contribution in [0.5, 0.6) is 0 Å². The van der Waals surface area contributed by atoms with E-state index in [1.54, 1.807) is 6.20 Å². The summed E-state index contributed by atoms with van der Waals surface area (Å²) < 4.78 is 4.86. The molecule has 1 aromatic heterocycles. The lowest BCUT2D eigenvalue weighted by Crippen LogP contribution is -2.38. The van der Waals surface area contributed by atoms with Crippen molar-refractivity contribution >= 4 is 5.97 Å². The highest BCUT2D eigenvalue weighted by atomic mass is 16.5. The molecule has 1 aliphatic carbocycles. The monoisotopic (exact) mass is 248 g/mol. The van der Waals surface area contributed by atoms with Crippen molar-refractivity contribution in [2.24, 2.45) is 5.92 Å². The van der Waals surface area contributed by atoms with E-state index < -0.39 is 0 Å². The second-order valence-electron chi connectivity index (χ2n) is 4.81. The molecule has 0 spiro atoms. The van der Waals surface area contributed by atoms with Gasteiger partial charge in [0.25, 0.3) is 0 Å². The van der Waals surface area contributed by atoms with Crippen molar-refractivity contribution in [3.8, 4) is 0 Å². The second kappa shape index (κ2) is 5.96. The van der Waals surface area contributed by atoms with Gasteiger partial charge < -0.3 is 10.1 Å². The summed E-state index contributed by atoms with van der Waals surface area (Å²) in [5.41, 5.74) is 1.01. The smallest absolute Gasteiger partial charge is 0.310 e. The molecule has 1 aliphatic rings. The van der Waals surface area contributed by atoms with Crippen LogP contribution in [0.1, 0.15) is 37.9 Å². The van der Waals surface area contributed by atoms with Gasteiger partial charge in [-0.25, -0.2) is 0 Å². The molecule has 1 heterocycles. The molecule has 0 radical (unpaired) electrons. The van der Waals surface area contributed by atoms with Gasteiger partial charge >= 0.3 is 5.97 Å². The Morgan fingerprint density at radius 1 is 1.50 bits per heavy atom. The van der Waals surface area contributed by atoms with Crippen LogP contribution in [0.15, 0.2) is 24.4 Å². The molecule has 18 heavy (non-hydrogen) atoms. The third kappa shape index (κ3) is 2.88. The lowest BCUT2D eigenvalue weighted by atomic mass is 10.0. The maximum atomic E-state index is 11.7. The van der Waals surface area contributed by atoms with Crippen LogP contribution >= 0.6 is 0 Å². The number of nitrogens with one attached hydrogen (secondary N) is 1. The van der Waals surface area contributed by atoms with Crippen LogP contribution in [0.3, 0.4) is 0 Å². The molecular formula is C14H20N2O2. The minimum absolute atomic E-state index is 0.0128. The van der Waals surface area contributed by atoms with E-state index in [2.05, 4.69) is 17.2 Å². The number of esters is 1. The second-order valence-corrected chi connectivity index (χ2v) is 4.81. The molecule has 98 valence electrons. The van der Waals surface area contributed by atoms with Crippen molar-refractivity contribution in [1.82, 2.24) is 10.3 Å². The zero-order valence-corrected chi connectivity index (χ0v) is 10.9. The number of pyridine rings is 1. The fraction of sp³-hybridized carbons (Fsp3) is 0.571. The van der Waals surface area contributed by atoms with E-state index in [1.807, 2.05) is 18.2 Å². The Kier molecular flexibility index (Phi) is 4.31. The molecule has 1 fully saturated rings. The van der Waals surface area contributed by atoms with E-state index in [0.29, 0.717) is 0 Å². The van der Waals surface area contributed by atoms with Crippen molar-refractivity contribution in [1.29, 1.82) is 0 Å². The Bertz CT molecular complexity index is 394. The highest BCUT2D eigenvalue weighted by Gasteiger charge is 2.34. The molecular weight excluding hydrogens is 228 g/mol. The molecule has 1 N–H and O–H groups in total. The highest BCUT2D eigenvalue weighted by Crippen LogP contribution is 2.28. The van der Waals surface area contributed by atoms with Crippen LogP contribution in [-0.4, -0.2) is 24.1 Å². The summed E-state index contributed by atoms with van der Waals surface area (Å²) in [5.74, 6) is -0.112. The summed E-state index contributed by atoms with van der Waals surface area (Å²) >= 11 is 0. The van der Waals surface area contributed by atoms with Gasteiger partial charge in [0.15, 0.2) is 0 Å². The molecule has 0 unspecified atom stereocenters. The van der Waals surface area contributed by atoms with Crippen molar-refractivity contribution in [2.75, 3.05) is 7.11 Å². The summed E-state index contributed by atoms with van der Waals surface area (Å²) in [7, 11) is 1.46. The van der Waals surface area contributed by atoms with Gasteiger partial charge in [-0.2, -0.15) is 0 Å². The normalized spacial score (nSPS) is 24.8. The van der Waals surface area contributed by atoms with Gasteiger partial charge in [0.2, 0.25) is 0 Å². The average Bonchev–Trinajstić information content (AvgIpc) is 2.87. The molecule has 1 aromatic rings. The maximum Gasteiger partial charge on any atom is 0.310 e. The van der Waals surface area contributed by atoms with Gasteiger partial charge in [-0.15, -0.1) is 0 Å². The average molecular weight is 248 g/mol. The van der Waals surface area contributed by atoms with Crippen LogP contribution in [0, 0.1) is 5.92 Å². The maximum absolute atomic E-state index is 11.7. The summed E-state index contributed by atoms with van der Waals surface area (Å²) in [6, 6.07) is 6.24. The minimum Gasteiger partial charge on any atom is -0.469 e. The number of methoxy groups -OCH3 is 1. The van der Waals surface area contributed by atoms with Crippen LogP contribution in [0.2, 0.25) is 0 Å². The van der Waals surface area contributed by atoms with Gasteiger partial charge in [-0.3, -0.25) is 9.78 Å². The van der Waals surface area contributed by atoms with Crippen LogP contribution in [-0.2, 0) is 9.53 Å². The number of carbonyl (C=O) groups excluding carboxylic acids is 1. The topological polar surface area (TPSA) is 51.2 Å². The number of rotatable bonds is 4. The number of hydrogen-bond donors (Lipinski definition) is 1. The number of carbonyl (C=O) groups is 1. The Hall–Kier alpha value is -1.42. The Morgan fingerprint density at radius 2 is 2.33 bits per heavy atom. The van der Waals surface area contributed by atoms with Crippen molar-refractivity contribution in [3.05, 3.63) is 30.1 Å². The minimum atomic E-state index is -0.0989. The molecule has 4 heteroatoms. The SMILES string of the molecule is COC(=O)[C@@H]1CCC[C@@H]1N[C@H](C)c1ccccn1. The lowest BCUT2D eigenvalue weighted by molar-refractivity contribution is -0.145. The molecule has 2 rings (SSSR count). The van der Waals surface area contributed by atoms with Gasteiger partial charge in [-0.1, -0.05) is 12.5 Å². The summed E-state index contributed by atoms with van der Waals surface area (Å²) in [6.07, 6.45) is 4.81. The van der Waals surface area contributed by atoms with Gasteiger partial charge in [0, 0.05) is 18.3 Å². The van der Waals surface area contributed by atoms with Crippen molar-refractivity contribution < 1.29 is 9.53 Å². The molecule has 0 aliphatic heterocycles. The van der Waals surface area contributed by atoms with Gasteiger partial charge in [0.1, 0.15) is 0 Å². The zero-order chi connectivity index (χ0) is 13.0. The van der Waals surface area contributed by atoms with Gasteiger partial charge in [0.05, 0.1) is 18.7 Å². The fourth-order valence-electron chi connectivity index (χ4n) is 2.63. The number of nitrogens with zero attached hydrogens (tertiary/aromatic N) is 1. The quantitative estimate of drug-likeness (QED) is 0.829. The molecule has 3 atom stereocenters. The van der Waals surface area contributed by atoms with E-state index in [0.717, 1.165) is 25.0 Å². The van der Waals surface area contributed by atoms with Crippen molar-refractivity contribution in [3.63, 3.8) is 0 Å². The molecule has 0 amide bonds. The van der Waals surface area contributed by atoms with Gasteiger partial charge in [-0.05, 0) is 31.9 Å². The first-order chi connectivity index (χ1) is 8.72. The lowest BCUT2D eigenvalue weighted by Gasteiger charge is -2.23. The zero-order valence-electron chi connectivity index (χ0n) is 10.9. The van der Waals surface area contributed by atoms with Crippen molar-refractivity contribution in [2.45, 2.75) is 38.3 Å². The van der Waals surface area contributed by atoms with Crippen LogP contribution < -0.4 is 5.32 Å². The fourth-order valence-corrected chi connectivity index (χ4v) is 2.63. The van der Waals surface area contributed by atoms with E-state index in [9.17, 15) is 4.79 Å². The third-order valence-corrected chi connectivity index (χ3v) is 3.62. The number of aromatic nitrogens is 1. The molecule has 4 nitrogen and oxygen atoms in total. The molecule has 0 bridgehead atoms. The van der Waals surface area contributed by atoms with E-state index in [1.165, 1.54) is 7.11 Å². The first kappa shape index (κ1) is 13.0. The first-order valence-corrected chi connectivity index (χ1v) is 6.47. The molecule has 1 saturated carbocycles. The summed E-state index contributed by atoms with van der Waals surface area (Å²) in [6.45, 7) is 2.08. The predicted octanol–water partition coefficient (Wildman–Crippen LogP) is 2.07. The number of ether oxygens (including phenoxy) is 1. The van der Waals surface area contributed by atoms with E-state index >= 15 is 0 Å². The third-order valence-electron chi connectivity index (χ3n) is 3.62. The first-order valence-electron chi connectivity index (χ1n) is 6.47. The number of hydrogen-bond acceptors (Lipinski definition) is 4. The van der Waals surface area contributed by atoms with E-state index in [-0.39, 0.29) is 24.0 Å². The Morgan fingerprint density at radius 3 is 3.00 bits per heavy atom.